The normalized spacial score (nSPS) is 10.5. The molecule has 0 fully saturated rings. The van der Waals surface area contributed by atoms with Crippen molar-refractivity contribution < 1.29 is 4.39 Å². The van der Waals surface area contributed by atoms with E-state index in [0.717, 1.165) is 5.56 Å². The monoisotopic (exact) mass is 280 g/mol. The SMILES string of the molecule is Cc1ncnc(N(C)Cc2cc(N)ccc2Cl)c1F. The molecule has 0 spiro atoms. The predicted octanol–water partition coefficient (Wildman–Crippen LogP) is 2.80. The van der Waals surface area contributed by atoms with Crippen molar-refractivity contribution in [3.05, 3.63) is 46.6 Å². The van der Waals surface area contributed by atoms with Gasteiger partial charge in [0.25, 0.3) is 0 Å². The molecule has 2 N–H and O–H groups in total. The van der Waals surface area contributed by atoms with Crippen molar-refractivity contribution >= 4 is 23.1 Å². The average Bonchev–Trinajstić information content (AvgIpc) is 2.37. The van der Waals surface area contributed by atoms with E-state index in [1.54, 1.807) is 37.1 Å². The fourth-order valence-electron chi connectivity index (χ4n) is 1.76. The molecular formula is C13H14ClFN4. The summed E-state index contributed by atoms with van der Waals surface area (Å²) in [5, 5.41) is 0.590. The summed E-state index contributed by atoms with van der Waals surface area (Å²) >= 11 is 6.09. The van der Waals surface area contributed by atoms with Crippen LogP contribution in [-0.2, 0) is 6.54 Å². The predicted molar refractivity (Wildman–Crippen MR) is 74.7 cm³/mol. The molecule has 1 aromatic carbocycles. The number of aromatic nitrogens is 2. The van der Waals surface area contributed by atoms with Gasteiger partial charge in [0.05, 0.1) is 5.69 Å². The highest BCUT2D eigenvalue weighted by atomic mass is 35.5. The van der Waals surface area contributed by atoms with Gasteiger partial charge < -0.3 is 10.6 Å². The third-order valence-electron chi connectivity index (χ3n) is 2.78. The first-order valence-corrected chi connectivity index (χ1v) is 6.09. The average molecular weight is 281 g/mol. The molecule has 1 aromatic heterocycles. The van der Waals surface area contributed by atoms with Crippen LogP contribution in [0.4, 0.5) is 15.9 Å². The second kappa shape index (κ2) is 5.40. The minimum Gasteiger partial charge on any atom is -0.399 e. The number of halogens is 2. The maximum absolute atomic E-state index is 13.9. The van der Waals surface area contributed by atoms with E-state index in [1.165, 1.54) is 6.33 Å². The van der Waals surface area contributed by atoms with Gasteiger partial charge in [-0.2, -0.15) is 0 Å². The fourth-order valence-corrected chi connectivity index (χ4v) is 1.93. The summed E-state index contributed by atoms with van der Waals surface area (Å²) in [6, 6.07) is 5.22. The van der Waals surface area contributed by atoms with E-state index in [9.17, 15) is 4.39 Å². The molecule has 19 heavy (non-hydrogen) atoms. The topological polar surface area (TPSA) is 55.0 Å². The van der Waals surface area contributed by atoms with E-state index in [-0.39, 0.29) is 5.82 Å². The van der Waals surface area contributed by atoms with Gasteiger partial charge in [-0.25, -0.2) is 14.4 Å². The molecule has 0 aliphatic heterocycles. The lowest BCUT2D eigenvalue weighted by Crippen LogP contribution is -2.20. The van der Waals surface area contributed by atoms with Gasteiger partial charge in [0.1, 0.15) is 6.33 Å². The number of nitrogen functional groups attached to an aromatic ring is 1. The molecule has 2 aromatic rings. The van der Waals surface area contributed by atoms with Crippen LogP contribution in [0.5, 0.6) is 0 Å². The summed E-state index contributed by atoms with van der Waals surface area (Å²) in [7, 11) is 1.74. The van der Waals surface area contributed by atoms with Gasteiger partial charge in [0, 0.05) is 24.3 Å². The number of nitrogens with two attached hydrogens (primary N) is 1. The van der Waals surface area contributed by atoms with E-state index in [2.05, 4.69) is 9.97 Å². The van der Waals surface area contributed by atoms with E-state index in [4.69, 9.17) is 17.3 Å². The third kappa shape index (κ3) is 2.93. The Morgan fingerprint density at radius 3 is 2.84 bits per heavy atom. The number of hydrogen-bond donors (Lipinski definition) is 1. The Morgan fingerprint density at radius 1 is 1.37 bits per heavy atom. The Hall–Kier alpha value is -1.88. The summed E-state index contributed by atoms with van der Waals surface area (Å²) in [6.45, 7) is 2.01. The number of rotatable bonds is 3. The van der Waals surface area contributed by atoms with E-state index < -0.39 is 5.82 Å². The smallest absolute Gasteiger partial charge is 0.186 e. The quantitative estimate of drug-likeness (QED) is 0.879. The van der Waals surface area contributed by atoms with Crippen LogP contribution in [0.15, 0.2) is 24.5 Å². The van der Waals surface area contributed by atoms with Crippen LogP contribution >= 0.6 is 11.6 Å². The molecule has 0 atom stereocenters. The second-order valence-electron chi connectivity index (χ2n) is 4.30. The lowest BCUT2D eigenvalue weighted by molar-refractivity contribution is 0.595. The summed E-state index contributed by atoms with van der Waals surface area (Å²) in [6.07, 6.45) is 1.34. The lowest BCUT2D eigenvalue weighted by Gasteiger charge is -2.20. The highest BCUT2D eigenvalue weighted by Gasteiger charge is 2.13. The van der Waals surface area contributed by atoms with E-state index >= 15 is 0 Å². The molecule has 0 unspecified atom stereocenters. The number of nitrogens with zero attached hydrogens (tertiary/aromatic N) is 3. The van der Waals surface area contributed by atoms with Crippen molar-refractivity contribution in [2.24, 2.45) is 0 Å². The van der Waals surface area contributed by atoms with Gasteiger partial charge in [0.2, 0.25) is 0 Å². The third-order valence-corrected chi connectivity index (χ3v) is 3.15. The van der Waals surface area contributed by atoms with Crippen molar-refractivity contribution in [2.75, 3.05) is 17.7 Å². The Morgan fingerprint density at radius 2 is 2.11 bits per heavy atom. The lowest BCUT2D eigenvalue weighted by atomic mass is 10.2. The Kier molecular flexibility index (Phi) is 3.85. The van der Waals surface area contributed by atoms with Crippen molar-refractivity contribution in [1.82, 2.24) is 9.97 Å². The van der Waals surface area contributed by atoms with Crippen molar-refractivity contribution in [3.8, 4) is 0 Å². The summed E-state index contributed by atoms with van der Waals surface area (Å²) in [4.78, 5) is 9.43. The van der Waals surface area contributed by atoms with Crippen LogP contribution < -0.4 is 10.6 Å². The van der Waals surface area contributed by atoms with Gasteiger partial charge in [-0.05, 0) is 30.7 Å². The van der Waals surface area contributed by atoms with Crippen molar-refractivity contribution in [3.63, 3.8) is 0 Å². The Labute approximate surface area is 116 Å². The summed E-state index contributed by atoms with van der Waals surface area (Å²) in [5.41, 5.74) is 7.47. The molecule has 6 heteroatoms. The van der Waals surface area contributed by atoms with Crippen LogP contribution in [-0.4, -0.2) is 17.0 Å². The number of benzene rings is 1. The molecule has 0 radical (unpaired) electrons. The molecule has 2 rings (SSSR count). The first-order chi connectivity index (χ1) is 8.99. The highest BCUT2D eigenvalue weighted by Crippen LogP contribution is 2.23. The zero-order chi connectivity index (χ0) is 14.0. The second-order valence-corrected chi connectivity index (χ2v) is 4.71. The van der Waals surface area contributed by atoms with Crippen LogP contribution in [0, 0.1) is 12.7 Å². The van der Waals surface area contributed by atoms with Gasteiger partial charge in [-0.3, -0.25) is 0 Å². The number of aryl methyl sites for hydroxylation is 1. The van der Waals surface area contributed by atoms with Crippen LogP contribution in [0.1, 0.15) is 11.3 Å². The molecule has 100 valence electrons. The number of anilines is 2. The van der Waals surface area contributed by atoms with Gasteiger partial charge >= 0.3 is 0 Å². The van der Waals surface area contributed by atoms with Gasteiger partial charge in [-0.1, -0.05) is 11.6 Å². The first-order valence-electron chi connectivity index (χ1n) is 5.71. The van der Waals surface area contributed by atoms with Gasteiger partial charge in [0.15, 0.2) is 11.6 Å². The van der Waals surface area contributed by atoms with Crippen LogP contribution in [0.25, 0.3) is 0 Å². The standard InChI is InChI=1S/C13H14ClFN4/c1-8-12(15)13(18-7-17-8)19(2)6-9-5-10(16)3-4-11(9)14/h3-5,7H,6,16H2,1-2H3. The van der Waals surface area contributed by atoms with E-state index in [0.29, 0.717) is 22.9 Å². The van der Waals surface area contributed by atoms with Gasteiger partial charge in [-0.15, -0.1) is 0 Å². The maximum Gasteiger partial charge on any atom is 0.186 e. The zero-order valence-electron chi connectivity index (χ0n) is 10.7. The number of hydrogen-bond acceptors (Lipinski definition) is 4. The minimum absolute atomic E-state index is 0.242. The summed E-state index contributed by atoms with van der Waals surface area (Å²) in [5.74, 6) is -0.184. The molecule has 0 saturated carbocycles. The molecule has 0 amide bonds. The van der Waals surface area contributed by atoms with Crippen LogP contribution in [0.3, 0.4) is 0 Å². The first kappa shape index (κ1) is 13.5. The van der Waals surface area contributed by atoms with E-state index in [1.807, 2.05) is 0 Å². The minimum atomic E-state index is -0.426. The molecule has 1 heterocycles. The zero-order valence-corrected chi connectivity index (χ0v) is 11.4. The molecule has 0 aliphatic rings. The Balaban J connectivity index is 2.28. The van der Waals surface area contributed by atoms with Crippen LogP contribution in [0.2, 0.25) is 5.02 Å². The summed E-state index contributed by atoms with van der Waals surface area (Å²) < 4.78 is 13.9. The van der Waals surface area contributed by atoms with Crippen molar-refractivity contribution in [2.45, 2.75) is 13.5 Å². The molecule has 0 aliphatic carbocycles. The molecular weight excluding hydrogens is 267 g/mol. The molecule has 4 nitrogen and oxygen atoms in total. The van der Waals surface area contributed by atoms with Crippen molar-refractivity contribution in [1.29, 1.82) is 0 Å². The maximum atomic E-state index is 13.9. The largest absolute Gasteiger partial charge is 0.399 e. The molecule has 0 bridgehead atoms. The highest BCUT2D eigenvalue weighted by molar-refractivity contribution is 6.31. The fraction of sp³-hybridized carbons (Fsp3) is 0.231. The molecule has 0 saturated heterocycles. The Bertz CT molecular complexity index is 603.